The molecule has 1 atom stereocenters. The number of rotatable bonds is 6. The maximum absolute atomic E-state index is 13.3. The van der Waals surface area contributed by atoms with E-state index in [4.69, 9.17) is 9.47 Å². The summed E-state index contributed by atoms with van der Waals surface area (Å²) in [7, 11) is 0. The van der Waals surface area contributed by atoms with E-state index < -0.39 is 5.25 Å². The van der Waals surface area contributed by atoms with Gasteiger partial charge in [-0.05, 0) is 49.2 Å². The second-order valence-electron chi connectivity index (χ2n) is 7.76. The molecule has 0 saturated carbocycles. The number of fused-ring (bicyclic) bond motifs is 2. The number of hydrogen-bond acceptors (Lipinski definition) is 7. The monoisotopic (exact) mass is 497 g/mol. The van der Waals surface area contributed by atoms with Crippen LogP contribution < -0.4 is 20.3 Å². The van der Waals surface area contributed by atoms with Gasteiger partial charge < -0.3 is 19.8 Å². The van der Waals surface area contributed by atoms with Crippen LogP contribution in [0.2, 0.25) is 0 Å². The van der Waals surface area contributed by atoms with Crippen LogP contribution in [0.15, 0.2) is 52.4 Å². The van der Waals surface area contributed by atoms with Gasteiger partial charge in [0.25, 0.3) is 5.56 Å². The molecular weight excluding hydrogens is 477 g/mol. The molecule has 0 radical (unpaired) electrons. The fourth-order valence-electron chi connectivity index (χ4n) is 3.72. The minimum atomic E-state index is -0.479. The maximum Gasteiger partial charge on any atom is 0.260 e. The Morgan fingerprint density at radius 1 is 1.24 bits per heavy atom. The van der Waals surface area contributed by atoms with E-state index in [0.29, 0.717) is 33.4 Å². The van der Waals surface area contributed by atoms with E-state index in [-0.39, 0.29) is 24.1 Å². The van der Waals surface area contributed by atoms with Crippen molar-refractivity contribution in [3.8, 4) is 22.6 Å². The van der Waals surface area contributed by atoms with Gasteiger partial charge in [-0.1, -0.05) is 30.0 Å². The molecule has 2 aromatic carbocycles. The normalized spacial score (nSPS) is 13.3. The van der Waals surface area contributed by atoms with Crippen molar-refractivity contribution >= 4 is 39.2 Å². The number of benzene rings is 2. The molecule has 0 unspecified atom stereocenters. The number of carbonyl (C=O) groups is 1. The zero-order valence-electron chi connectivity index (χ0n) is 18.3. The minimum Gasteiger partial charge on any atom is -0.454 e. The summed E-state index contributed by atoms with van der Waals surface area (Å²) >= 11 is 2.58. The number of H-pyrrole nitrogens is 1. The summed E-state index contributed by atoms with van der Waals surface area (Å²) in [6.45, 7) is 4.20. The number of aryl methyl sites for hydroxylation is 1. The molecule has 1 aliphatic rings. The van der Waals surface area contributed by atoms with Crippen LogP contribution in [-0.2, 0) is 11.3 Å². The Balaban J connectivity index is 1.31. The van der Waals surface area contributed by atoms with Gasteiger partial charge in [0.05, 0.1) is 10.6 Å². The summed E-state index contributed by atoms with van der Waals surface area (Å²) < 4.78 is 24.0. The van der Waals surface area contributed by atoms with Gasteiger partial charge in [0, 0.05) is 17.0 Å². The summed E-state index contributed by atoms with van der Waals surface area (Å²) in [6, 6.07) is 11.6. The zero-order chi connectivity index (χ0) is 23.8. The molecule has 1 aliphatic heterocycles. The van der Waals surface area contributed by atoms with Crippen molar-refractivity contribution in [1.82, 2.24) is 15.3 Å². The Hall–Kier alpha value is -3.37. The molecule has 0 fully saturated rings. The second-order valence-corrected chi connectivity index (χ2v) is 10.3. The number of nitrogens with zero attached hydrogens (tertiary/aromatic N) is 1. The fourth-order valence-corrected chi connectivity index (χ4v) is 5.65. The van der Waals surface area contributed by atoms with E-state index in [9.17, 15) is 14.0 Å². The van der Waals surface area contributed by atoms with E-state index in [1.54, 1.807) is 19.1 Å². The number of carbonyl (C=O) groups excluding carboxylic acids is 1. The Morgan fingerprint density at radius 2 is 2.00 bits per heavy atom. The van der Waals surface area contributed by atoms with Gasteiger partial charge in [-0.2, -0.15) is 0 Å². The average Bonchev–Trinajstić information content (AvgIpc) is 3.41. The first-order valence-electron chi connectivity index (χ1n) is 10.5. The molecule has 174 valence electrons. The largest absolute Gasteiger partial charge is 0.454 e. The van der Waals surface area contributed by atoms with Crippen LogP contribution in [0, 0.1) is 12.7 Å². The molecule has 0 aliphatic carbocycles. The van der Waals surface area contributed by atoms with Gasteiger partial charge in [0.15, 0.2) is 16.7 Å². The summed E-state index contributed by atoms with van der Waals surface area (Å²) in [4.78, 5) is 34.4. The van der Waals surface area contributed by atoms with Crippen LogP contribution in [0.5, 0.6) is 11.5 Å². The second kappa shape index (κ2) is 9.11. The first-order valence-corrected chi connectivity index (χ1v) is 12.2. The number of thioether (sulfide) groups is 1. The molecule has 0 spiro atoms. The van der Waals surface area contributed by atoms with Crippen molar-refractivity contribution in [2.24, 2.45) is 0 Å². The first-order chi connectivity index (χ1) is 16.4. The number of aromatic amines is 1. The molecule has 5 rings (SSSR count). The molecule has 34 heavy (non-hydrogen) atoms. The lowest BCUT2D eigenvalue weighted by atomic mass is 10.0. The molecule has 1 amide bonds. The average molecular weight is 498 g/mol. The third kappa shape index (κ3) is 4.38. The van der Waals surface area contributed by atoms with E-state index in [0.717, 1.165) is 21.6 Å². The zero-order valence-corrected chi connectivity index (χ0v) is 19.9. The highest BCUT2D eigenvalue weighted by Gasteiger charge is 2.20. The van der Waals surface area contributed by atoms with Crippen LogP contribution in [0.25, 0.3) is 21.3 Å². The SMILES string of the molecule is Cc1sc2nc(S[C@H](C)C(=O)NCc3ccc4c(c3)OCO4)[nH]c(=O)c2c1-c1ccc(F)cc1. The van der Waals surface area contributed by atoms with E-state index in [1.807, 2.05) is 25.1 Å². The van der Waals surface area contributed by atoms with E-state index in [2.05, 4.69) is 15.3 Å². The number of nitrogens with one attached hydrogen (secondary N) is 2. The lowest BCUT2D eigenvalue weighted by Gasteiger charge is -2.12. The standard InChI is InChI=1S/C24H20FN3O4S2/c1-12-19(15-4-6-16(25)7-5-15)20-22(30)27-24(28-23(20)33-12)34-13(2)21(29)26-10-14-3-8-17-18(9-14)32-11-31-17/h3-9,13H,10-11H2,1-2H3,(H,26,29)(H,27,28,30)/t13-/m1/s1. The van der Waals surface area contributed by atoms with Crippen LogP contribution >= 0.6 is 23.1 Å². The lowest BCUT2D eigenvalue weighted by Crippen LogP contribution is -2.30. The first kappa shape index (κ1) is 22.4. The molecular formula is C24H20FN3O4S2. The number of hydrogen-bond donors (Lipinski definition) is 2. The van der Waals surface area contributed by atoms with Crippen LogP contribution in [0.3, 0.4) is 0 Å². The highest BCUT2D eigenvalue weighted by molar-refractivity contribution is 8.00. The topological polar surface area (TPSA) is 93.3 Å². The number of aromatic nitrogens is 2. The summed E-state index contributed by atoms with van der Waals surface area (Å²) in [5.74, 6) is 0.837. The smallest absolute Gasteiger partial charge is 0.260 e. The predicted octanol–water partition coefficient (Wildman–Crippen LogP) is 4.62. The number of ether oxygens (including phenoxy) is 2. The summed E-state index contributed by atoms with van der Waals surface area (Å²) in [5.41, 5.74) is 2.11. The van der Waals surface area contributed by atoms with Gasteiger partial charge in [-0.3, -0.25) is 9.59 Å². The minimum absolute atomic E-state index is 0.181. The van der Waals surface area contributed by atoms with Crippen molar-refractivity contribution < 1.29 is 18.7 Å². The van der Waals surface area contributed by atoms with Gasteiger partial charge in [-0.25, -0.2) is 9.37 Å². The number of thiophene rings is 1. The van der Waals surface area contributed by atoms with Crippen LogP contribution in [-0.4, -0.2) is 27.9 Å². The Labute approximate surface area is 202 Å². The van der Waals surface area contributed by atoms with Crippen molar-refractivity contribution in [2.45, 2.75) is 30.8 Å². The van der Waals surface area contributed by atoms with Crippen LogP contribution in [0.4, 0.5) is 4.39 Å². The Morgan fingerprint density at radius 3 is 2.79 bits per heavy atom. The summed E-state index contributed by atoms with van der Waals surface area (Å²) in [5, 5.41) is 3.26. The lowest BCUT2D eigenvalue weighted by molar-refractivity contribution is -0.120. The third-order valence-corrected chi connectivity index (χ3v) is 7.39. The Bertz CT molecular complexity index is 1450. The third-order valence-electron chi connectivity index (χ3n) is 5.41. The van der Waals surface area contributed by atoms with E-state index in [1.165, 1.54) is 35.2 Å². The van der Waals surface area contributed by atoms with Crippen molar-refractivity contribution in [3.63, 3.8) is 0 Å². The van der Waals surface area contributed by atoms with Crippen LogP contribution in [0.1, 0.15) is 17.4 Å². The number of amides is 1. The quantitative estimate of drug-likeness (QED) is 0.298. The molecule has 7 nitrogen and oxygen atoms in total. The molecule has 2 aromatic heterocycles. The van der Waals surface area contributed by atoms with Gasteiger partial charge >= 0.3 is 0 Å². The number of halogens is 1. The molecule has 2 N–H and O–H groups in total. The predicted molar refractivity (Wildman–Crippen MR) is 130 cm³/mol. The molecule has 3 heterocycles. The van der Waals surface area contributed by atoms with Crippen molar-refractivity contribution in [1.29, 1.82) is 0 Å². The fraction of sp³-hybridized carbons (Fsp3) is 0.208. The molecule has 4 aromatic rings. The van der Waals surface area contributed by atoms with Crippen molar-refractivity contribution in [2.75, 3.05) is 6.79 Å². The van der Waals surface area contributed by atoms with E-state index >= 15 is 0 Å². The summed E-state index contributed by atoms with van der Waals surface area (Å²) in [6.07, 6.45) is 0. The van der Waals surface area contributed by atoms with Gasteiger partial charge in [0.2, 0.25) is 12.7 Å². The molecule has 0 bridgehead atoms. The maximum atomic E-state index is 13.3. The van der Waals surface area contributed by atoms with Gasteiger partial charge in [0.1, 0.15) is 10.6 Å². The highest BCUT2D eigenvalue weighted by Crippen LogP contribution is 2.36. The van der Waals surface area contributed by atoms with Crippen molar-refractivity contribution in [3.05, 3.63) is 69.1 Å². The Kier molecular flexibility index (Phi) is 6.01. The van der Waals surface area contributed by atoms with Gasteiger partial charge in [-0.15, -0.1) is 11.3 Å². The molecule has 0 saturated heterocycles. The molecule has 10 heteroatoms. The highest BCUT2D eigenvalue weighted by atomic mass is 32.2.